The highest BCUT2D eigenvalue weighted by Crippen LogP contribution is 2.48. The first-order valence-corrected chi connectivity index (χ1v) is 7.04. The Balaban J connectivity index is 1.62. The molecule has 1 heterocycles. The normalized spacial score (nSPS) is 26.8. The van der Waals surface area contributed by atoms with Crippen molar-refractivity contribution in [3.63, 3.8) is 0 Å². The molecule has 2 atom stereocenters. The Hall–Kier alpha value is -1.55. The molecule has 19 heavy (non-hydrogen) atoms. The molecule has 1 aromatic carbocycles. The number of carbonyl (C=O) groups is 1. The van der Waals surface area contributed by atoms with Gasteiger partial charge in [-0.15, -0.1) is 0 Å². The van der Waals surface area contributed by atoms with Crippen LogP contribution in [0.25, 0.3) is 0 Å². The van der Waals surface area contributed by atoms with Crippen LogP contribution >= 0.6 is 0 Å². The van der Waals surface area contributed by atoms with Gasteiger partial charge in [-0.25, -0.2) is 0 Å². The van der Waals surface area contributed by atoms with Crippen molar-refractivity contribution in [1.29, 1.82) is 0 Å². The summed E-state index contributed by atoms with van der Waals surface area (Å²) in [5, 5.41) is 12.6. The van der Waals surface area contributed by atoms with Gasteiger partial charge in [0.1, 0.15) is 5.75 Å². The van der Waals surface area contributed by atoms with Gasteiger partial charge in [0.05, 0.1) is 0 Å². The second kappa shape index (κ2) is 5.21. The summed E-state index contributed by atoms with van der Waals surface area (Å²) < 4.78 is 0. The van der Waals surface area contributed by atoms with E-state index in [0.29, 0.717) is 11.8 Å². The highest BCUT2D eigenvalue weighted by molar-refractivity contribution is 5.83. The standard InChI is InChI=1S/C15H20N2O2/c18-12-4-2-11(3-5-12)13-10-14(13)15(19)17-8-1-6-16-7-9-17/h2-5,13-14,16,18H,1,6-10H2. The Bertz CT molecular complexity index is 450. The van der Waals surface area contributed by atoms with E-state index < -0.39 is 0 Å². The van der Waals surface area contributed by atoms with Crippen molar-refractivity contribution in [3.05, 3.63) is 29.8 Å². The fourth-order valence-electron chi connectivity index (χ4n) is 2.86. The van der Waals surface area contributed by atoms with E-state index in [4.69, 9.17) is 0 Å². The summed E-state index contributed by atoms with van der Waals surface area (Å²) in [6.45, 7) is 3.63. The van der Waals surface area contributed by atoms with E-state index in [0.717, 1.165) is 39.0 Å². The molecule has 4 heteroatoms. The van der Waals surface area contributed by atoms with Crippen LogP contribution in [0.15, 0.2) is 24.3 Å². The zero-order valence-corrected chi connectivity index (χ0v) is 11.0. The van der Waals surface area contributed by atoms with Gasteiger partial charge in [0, 0.05) is 25.6 Å². The fraction of sp³-hybridized carbons (Fsp3) is 0.533. The molecule has 2 aliphatic rings. The lowest BCUT2D eigenvalue weighted by Crippen LogP contribution is -2.35. The van der Waals surface area contributed by atoms with E-state index in [9.17, 15) is 9.90 Å². The predicted octanol–water partition coefficient (Wildman–Crippen LogP) is 1.32. The highest BCUT2D eigenvalue weighted by Gasteiger charge is 2.45. The smallest absolute Gasteiger partial charge is 0.226 e. The summed E-state index contributed by atoms with van der Waals surface area (Å²) in [4.78, 5) is 14.4. The number of aromatic hydroxyl groups is 1. The number of nitrogens with zero attached hydrogens (tertiary/aromatic N) is 1. The number of benzene rings is 1. The molecule has 0 spiro atoms. The molecule has 102 valence electrons. The van der Waals surface area contributed by atoms with Crippen LogP contribution in [0.1, 0.15) is 24.3 Å². The Morgan fingerprint density at radius 2 is 2.00 bits per heavy atom. The van der Waals surface area contributed by atoms with Crippen molar-refractivity contribution in [2.45, 2.75) is 18.8 Å². The molecule has 1 aromatic rings. The number of rotatable bonds is 2. The minimum Gasteiger partial charge on any atom is -0.508 e. The molecule has 4 nitrogen and oxygen atoms in total. The Morgan fingerprint density at radius 3 is 2.79 bits per heavy atom. The highest BCUT2D eigenvalue weighted by atomic mass is 16.3. The van der Waals surface area contributed by atoms with Gasteiger partial charge in [0.25, 0.3) is 0 Å². The largest absolute Gasteiger partial charge is 0.508 e. The van der Waals surface area contributed by atoms with Crippen LogP contribution in [-0.4, -0.2) is 42.1 Å². The van der Waals surface area contributed by atoms with Gasteiger partial charge >= 0.3 is 0 Å². The van der Waals surface area contributed by atoms with Crippen molar-refractivity contribution in [1.82, 2.24) is 10.2 Å². The minimum absolute atomic E-state index is 0.155. The van der Waals surface area contributed by atoms with Gasteiger partial charge in [-0.2, -0.15) is 0 Å². The van der Waals surface area contributed by atoms with Crippen LogP contribution < -0.4 is 5.32 Å². The van der Waals surface area contributed by atoms with Crippen LogP contribution in [0.2, 0.25) is 0 Å². The van der Waals surface area contributed by atoms with Gasteiger partial charge in [0.2, 0.25) is 5.91 Å². The average Bonchev–Trinajstić information content (AvgIpc) is 3.23. The molecule has 0 bridgehead atoms. The molecule has 2 unspecified atom stereocenters. The first-order valence-electron chi connectivity index (χ1n) is 7.04. The van der Waals surface area contributed by atoms with Crippen molar-refractivity contribution in [2.24, 2.45) is 5.92 Å². The third-order valence-electron chi connectivity index (χ3n) is 4.08. The fourth-order valence-corrected chi connectivity index (χ4v) is 2.86. The monoisotopic (exact) mass is 260 g/mol. The topological polar surface area (TPSA) is 52.6 Å². The molecule has 1 saturated heterocycles. The van der Waals surface area contributed by atoms with E-state index in [1.54, 1.807) is 12.1 Å². The molecule has 1 saturated carbocycles. The molecular formula is C15H20N2O2. The van der Waals surface area contributed by atoms with Crippen molar-refractivity contribution >= 4 is 5.91 Å². The lowest BCUT2D eigenvalue weighted by Gasteiger charge is -2.20. The second-order valence-corrected chi connectivity index (χ2v) is 5.47. The van der Waals surface area contributed by atoms with Crippen molar-refractivity contribution in [3.8, 4) is 5.75 Å². The lowest BCUT2D eigenvalue weighted by atomic mass is 10.1. The number of amides is 1. The second-order valence-electron chi connectivity index (χ2n) is 5.47. The SMILES string of the molecule is O=C(C1CC1c1ccc(O)cc1)N1CCCNCC1. The third-order valence-corrected chi connectivity index (χ3v) is 4.08. The summed E-state index contributed by atoms with van der Waals surface area (Å²) in [7, 11) is 0. The zero-order chi connectivity index (χ0) is 13.2. The number of nitrogens with one attached hydrogen (secondary N) is 1. The van der Waals surface area contributed by atoms with Gasteiger partial charge in [-0.3, -0.25) is 4.79 Å². The molecular weight excluding hydrogens is 240 g/mol. The van der Waals surface area contributed by atoms with E-state index >= 15 is 0 Å². The molecule has 2 fully saturated rings. The quantitative estimate of drug-likeness (QED) is 0.843. The summed E-state index contributed by atoms with van der Waals surface area (Å²) in [5.74, 6) is 1.10. The van der Waals surface area contributed by atoms with E-state index in [-0.39, 0.29) is 11.7 Å². The van der Waals surface area contributed by atoms with Crippen LogP contribution in [0.3, 0.4) is 0 Å². The molecule has 0 aromatic heterocycles. The molecule has 0 radical (unpaired) electrons. The molecule has 1 aliphatic heterocycles. The average molecular weight is 260 g/mol. The number of phenols is 1. The predicted molar refractivity (Wildman–Crippen MR) is 73.0 cm³/mol. The minimum atomic E-state index is 0.155. The molecule has 1 amide bonds. The number of hydrogen-bond donors (Lipinski definition) is 2. The van der Waals surface area contributed by atoms with E-state index in [1.807, 2.05) is 17.0 Å². The van der Waals surface area contributed by atoms with E-state index in [1.165, 1.54) is 5.56 Å². The van der Waals surface area contributed by atoms with Crippen LogP contribution in [-0.2, 0) is 4.79 Å². The summed E-state index contributed by atoms with van der Waals surface area (Å²) in [6, 6.07) is 7.25. The summed E-state index contributed by atoms with van der Waals surface area (Å²) in [6.07, 6.45) is 2.00. The Morgan fingerprint density at radius 1 is 1.21 bits per heavy atom. The maximum absolute atomic E-state index is 12.4. The van der Waals surface area contributed by atoms with Crippen LogP contribution in [0.5, 0.6) is 5.75 Å². The summed E-state index contributed by atoms with van der Waals surface area (Å²) >= 11 is 0. The zero-order valence-electron chi connectivity index (χ0n) is 11.0. The van der Waals surface area contributed by atoms with Gasteiger partial charge < -0.3 is 15.3 Å². The van der Waals surface area contributed by atoms with Gasteiger partial charge in [-0.05, 0) is 43.0 Å². The first-order chi connectivity index (χ1) is 9.25. The van der Waals surface area contributed by atoms with Crippen molar-refractivity contribution in [2.75, 3.05) is 26.2 Å². The van der Waals surface area contributed by atoms with Crippen molar-refractivity contribution < 1.29 is 9.90 Å². The number of phenolic OH excluding ortho intramolecular Hbond substituents is 1. The lowest BCUT2D eigenvalue weighted by molar-refractivity contribution is -0.132. The molecule has 2 N–H and O–H groups in total. The maximum atomic E-state index is 12.4. The van der Waals surface area contributed by atoms with Crippen LogP contribution in [0.4, 0.5) is 0 Å². The number of carbonyl (C=O) groups excluding carboxylic acids is 1. The van der Waals surface area contributed by atoms with Gasteiger partial charge in [-0.1, -0.05) is 12.1 Å². The summed E-state index contributed by atoms with van der Waals surface area (Å²) in [5.41, 5.74) is 1.17. The Kier molecular flexibility index (Phi) is 3.42. The Labute approximate surface area is 113 Å². The van der Waals surface area contributed by atoms with Crippen LogP contribution in [0, 0.1) is 5.92 Å². The van der Waals surface area contributed by atoms with E-state index in [2.05, 4.69) is 5.32 Å². The van der Waals surface area contributed by atoms with Gasteiger partial charge in [0.15, 0.2) is 0 Å². The molecule has 3 rings (SSSR count). The molecule has 1 aliphatic carbocycles. The first kappa shape index (κ1) is 12.5. The third kappa shape index (κ3) is 2.73. The maximum Gasteiger partial charge on any atom is 0.226 e. The number of hydrogen-bond acceptors (Lipinski definition) is 3.